The topological polar surface area (TPSA) is 76.1 Å². The van der Waals surface area contributed by atoms with Crippen LogP contribution in [-0.2, 0) is 15.0 Å². The number of hydrogen-bond donors (Lipinski definition) is 1. The van der Waals surface area contributed by atoms with Crippen molar-refractivity contribution in [3.63, 3.8) is 0 Å². The van der Waals surface area contributed by atoms with Gasteiger partial charge in [0.1, 0.15) is 0 Å². The summed E-state index contributed by atoms with van der Waals surface area (Å²) in [4.78, 5) is 27.4. The molecule has 0 radical (unpaired) electrons. The van der Waals surface area contributed by atoms with Crippen LogP contribution in [-0.4, -0.2) is 49.2 Å². The van der Waals surface area contributed by atoms with Gasteiger partial charge < -0.3 is 19.5 Å². The van der Waals surface area contributed by atoms with E-state index in [1.54, 1.807) is 19.1 Å². The molecule has 1 amide bonds. The van der Waals surface area contributed by atoms with Crippen molar-refractivity contribution < 1.29 is 24.2 Å². The predicted molar refractivity (Wildman–Crippen MR) is 108 cm³/mol. The SMILES string of the molecule is CCC(CC)(C(=O)N1CCC(C(=O)O)(C(C)C)C1)c1ccc(OC)c(OC)c1. The standard InChI is InChI=1S/C22H33NO5/c1-7-21(8-2,16-9-10-17(27-5)18(13-16)28-6)19(24)23-12-11-22(14-23,15(3)4)20(25)26/h9-10,13,15H,7-8,11-12,14H2,1-6H3,(H,25,26). The smallest absolute Gasteiger partial charge is 0.311 e. The second-order valence-electron chi connectivity index (χ2n) is 7.95. The lowest BCUT2D eigenvalue weighted by Gasteiger charge is -2.36. The summed E-state index contributed by atoms with van der Waals surface area (Å²) in [5, 5.41) is 9.83. The Balaban J connectivity index is 2.43. The van der Waals surface area contributed by atoms with Gasteiger partial charge in [-0.1, -0.05) is 33.8 Å². The summed E-state index contributed by atoms with van der Waals surface area (Å²) in [6, 6.07) is 5.60. The zero-order valence-electron chi connectivity index (χ0n) is 17.9. The van der Waals surface area contributed by atoms with Crippen LogP contribution in [0.3, 0.4) is 0 Å². The van der Waals surface area contributed by atoms with Crippen LogP contribution in [0.1, 0.15) is 52.5 Å². The number of carboxylic acids is 1. The van der Waals surface area contributed by atoms with E-state index in [-0.39, 0.29) is 18.4 Å². The highest BCUT2D eigenvalue weighted by atomic mass is 16.5. The van der Waals surface area contributed by atoms with Crippen molar-refractivity contribution in [3.05, 3.63) is 23.8 Å². The van der Waals surface area contributed by atoms with Crippen molar-refractivity contribution in [2.45, 2.75) is 52.4 Å². The van der Waals surface area contributed by atoms with E-state index in [1.165, 1.54) is 0 Å². The van der Waals surface area contributed by atoms with E-state index in [9.17, 15) is 14.7 Å². The Labute approximate surface area is 167 Å². The number of rotatable bonds is 8. The Bertz CT molecular complexity index is 726. The molecule has 156 valence electrons. The number of nitrogens with zero attached hydrogens (tertiary/aromatic N) is 1. The molecule has 2 rings (SSSR count). The van der Waals surface area contributed by atoms with Crippen LogP contribution in [0.25, 0.3) is 0 Å². The third-order valence-corrected chi connectivity index (χ3v) is 6.67. The third-order valence-electron chi connectivity index (χ3n) is 6.67. The lowest BCUT2D eigenvalue weighted by atomic mass is 9.74. The Kier molecular flexibility index (Phi) is 6.63. The molecule has 1 aliphatic heterocycles. The second-order valence-corrected chi connectivity index (χ2v) is 7.95. The third kappa shape index (κ3) is 3.45. The van der Waals surface area contributed by atoms with E-state index in [0.717, 1.165) is 5.56 Å². The molecule has 1 aliphatic rings. The normalized spacial score (nSPS) is 19.8. The molecule has 28 heavy (non-hydrogen) atoms. The first-order chi connectivity index (χ1) is 13.2. The van der Waals surface area contributed by atoms with Crippen molar-refractivity contribution >= 4 is 11.9 Å². The van der Waals surface area contributed by atoms with Crippen LogP contribution in [0, 0.1) is 11.3 Å². The van der Waals surface area contributed by atoms with Gasteiger partial charge in [-0.15, -0.1) is 0 Å². The minimum Gasteiger partial charge on any atom is -0.493 e. The van der Waals surface area contributed by atoms with Crippen molar-refractivity contribution in [3.8, 4) is 11.5 Å². The van der Waals surface area contributed by atoms with E-state index in [0.29, 0.717) is 37.3 Å². The fourth-order valence-corrected chi connectivity index (χ4v) is 4.42. The largest absolute Gasteiger partial charge is 0.493 e. The number of carboxylic acid groups (broad SMARTS) is 1. The maximum Gasteiger partial charge on any atom is 0.311 e. The summed E-state index contributed by atoms with van der Waals surface area (Å²) < 4.78 is 10.8. The van der Waals surface area contributed by atoms with Gasteiger partial charge in [-0.05, 0) is 42.9 Å². The summed E-state index contributed by atoms with van der Waals surface area (Å²) in [5.74, 6) is 0.339. The summed E-state index contributed by atoms with van der Waals surface area (Å²) >= 11 is 0. The van der Waals surface area contributed by atoms with E-state index in [2.05, 4.69) is 0 Å². The highest BCUT2D eigenvalue weighted by Crippen LogP contribution is 2.43. The fourth-order valence-electron chi connectivity index (χ4n) is 4.42. The van der Waals surface area contributed by atoms with Crippen LogP contribution in [0.5, 0.6) is 11.5 Å². The zero-order chi connectivity index (χ0) is 21.1. The monoisotopic (exact) mass is 391 g/mol. The van der Waals surface area contributed by atoms with Gasteiger partial charge >= 0.3 is 5.97 Å². The number of hydrogen-bond acceptors (Lipinski definition) is 4. The van der Waals surface area contributed by atoms with Gasteiger partial charge in [0.25, 0.3) is 0 Å². The second kappa shape index (κ2) is 8.41. The Hall–Kier alpha value is -2.24. The molecular formula is C22H33NO5. The molecule has 0 aliphatic carbocycles. The maximum absolute atomic E-state index is 13.7. The van der Waals surface area contributed by atoms with Crippen molar-refractivity contribution in [1.82, 2.24) is 4.90 Å². The number of aliphatic carboxylic acids is 1. The van der Waals surface area contributed by atoms with Gasteiger partial charge in [0.05, 0.1) is 25.0 Å². The molecular weight excluding hydrogens is 358 g/mol. The quantitative estimate of drug-likeness (QED) is 0.731. The average molecular weight is 392 g/mol. The van der Waals surface area contributed by atoms with Crippen molar-refractivity contribution in [2.75, 3.05) is 27.3 Å². The highest BCUT2D eigenvalue weighted by molar-refractivity contribution is 5.90. The van der Waals surface area contributed by atoms with Gasteiger partial charge in [-0.3, -0.25) is 9.59 Å². The van der Waals surface area contributed by atoms with E-state index in [1.807, 2.05) is 45.9 Å². The Morgan fingerprint density at radius 3 is 2.21 bits per heavy atom. The number of carbonyl (C=O) groups excluding carboxylic acids is 1. The number of ether oxygens (including phenoxy) is 2. The van der Waals surface area contributed by atoms with Gasteiger partial charge in [0.2, 0.25) is 5.91 Å². The van der Waals surface area contributed by atoms with Crippen LogP contribution in [0.15, 0.2) is 18.2 Å². The van der Waals surface area contributed by atoms with Gasteiger partial charge in [-0.2, -0.15) is 0 Å². The van der Waals surface area contributed by atoms with Crippen LogP contribution >= 0.6 is 0 Å². The number of methoxy groups -OCH3 is 2. The molecule has 0 saturated carbocycles. The predicted octanol–water partition coefficient (Wildman–Crippen LogP) is 3.72. The first kappa shape index (κ1) is 22.1. The molecule has 6 heteroatoms. The van der Waals surface area contributed by atoms with Gasteiger partial charge in [0, 0.05) is 13.1 Å². The number of benzene rings is 1. The van der Waals surface area contributed by atoms with E-state index >= 15 is 0 Å². The Morgan fingerprint density at radius 2 is 1.79 bits per heavy atom. The summed E-state index contributed by atoms with van der Waals surface area (Å²) in [5.41, 5.74) is -0.719. The molecule has 1 aromatic rings. The molecule has 1 saturated heterocycles. The minimum absolute atomic E-state index is 0.00602. The molecule has 1 unspecified atom stereocenters. The molecule has 1 aromatic carbocycles. The van der Waals surface area contributed by atoms with E-state index < -0.39 is 16.8 Å². The van der Waals surface area contributed by atoms with Crippen molar-refractivity contribution in [1.29, 1.82) is 0 Å². The van der Waals surface area contributed by atoms with Crippen LogP contribution in [0.2, 0.25) is 0 Å². The van der Waals surface area contributed by atoms with Gasteiger partial charge in [0.15, 0.2) is 11.5 Å². The molecule has 1 heterocycles. The number of carbonyl (C=O) groups is 2. The maximum atomic E-state index is 13.7. The van der Waals surface area contributed by atoms with Gasteiger partial charge in [-0.25, -0.2) is 0 Å². The number of likely N-dealkylation sites (tertiary alicyclic amines) is 1. The van der Waals surface area contributed by atoms with Crippen LogP contribution in [0.4, 0.5) is 0 Å². The first-order valence-electron chi connectivity index (χ1n) is 9.97. The lowest BCUT2D eigenvalue weighted by Crippen LogP contribution is -2.48. The fraction of sp³-hybridized carbons (Fsp3) is 0.636. The summed E-state index contributed by atoms with van der Waals surface area (Å²) in [7, 11) is 3.16. The lowest BCUT2D eigenvalue weighted by molar-refractivity contribution is -0.151. The minimum atomic E-state index is -0.875. The van der Waals surface area contributed by atoms with Crippen molar-refractivity contribution in [2.24, 2.45) is 11.3 Å². The highest BCUT2D eigenvalue weighted by Gasteiger charge is 2.51. The summed E-state index contributed by atoms with van der Waals surface area (Å²) in [6.07, 6.45) is 1.73. The molecule has 1 fully saturated rings. The summed E-state index contributed by atoms with van der Waals surface area (Å²) in [6.45, 7) is 8.57. The molecule has 0 bridgehead atoms. The molecule has 1 N–H and O–H groups in total. The average Bonchev–Trinajstić information content (AvgIpc) is 3.16. The van der Waals surface area contributed by atoms with Crippen LogP contribution < -0.4 is 9.47 Å². The Morgan fingerprint density at radius 1 is 1.18 bits per heavy atom. The van der Waals surface area contributed by atoms with E-state index in [4.69, 9.17) is 9.47 Å². The molecule has 0 spiro atoms. The first-order valence-corrected chi connectivity index (χ1v) is 9.97. The number of amides is 1. The molecule has 6 nitrogen and oxygen atoms in total. The molecule has 1 atom stereocenters. The zero-order valence-corrected chi connectivity index (χ0v) is 17.9. The molecule has 0 aromatic heterocycles.